The Balaban J connectivity index is 0.00000267. The molecule has 7 heteroatoms. The average molecular weight is 631 g/mol. The first-order valence-corrected chi connectivity index (χ1v) is 13.8. The molecule has 0 N–H and O–H groups in total. The number of aromatic nitrogens is 2. The van der Waals surface area contributed by atoms with Crippen molar-refractivity contribution in [2.45, 2.75) is 0 Å². The maximum atomic E-state index is 4.51. The molecule has 204 valence electrons. The minimum atomic E-state index is -0.101. The van der Waals surface area contributed by atoms with Crippen molar-refractivity contribution in [3.63, 3.8) is 0 Å². The minimum Gasteiger partial charge on any atom is -0.504 e. The topological polar surface area (TPSA) is 27.5 Å². The Bertz CT molecular complexity index is 1990. The number of nitrogens with zero attached hydrogens (tertiary/aromatic N) is 5. The normalized spacial score (nSPS) is 13.8. The molecule has 5 aromatic carbocycles. The van der Waals surface area contributed by atoms with Gasteiger partial charge in [-0.25, -0.2) is 0 Å². The van der Waals surface area contributed by atoms with E-state index in [4.69, 9.17) is 0 Å². The number of para-hydroxylation sites is 4. The Morgan fingerprint density at radius 2 is 1.19 bits per heavy atom. The molecular weight excluding hydrogens is 608 g/mol. The number of rotatable bonds is 2. The van der Waals surface area contributed by atoms with Gasteiger partial charge in [0.05, 0.1) is 0 Å². The van der Waals surface area contributed by atoms with Crippen molar-refractivity contribution in [2.75, 3.05) is 21.7 Å². The van der Waals surface area contributed by atoms with Gasteiger partial charge in [-0.1, -0.05) is 59.7 Å². The van der Waals surface area contributed by atoms with Crippen molar-refractivity contribution in [1.82, 2.24) is 9.78 Å². The quantitative estimate of drug-likeness (QED) is 0.171. The van der Waals surface area contributed by atoms with Gasteiger partial charge in [0.15, 0.2) is 0 Å². The maximum absolute atomic E-state index is 4.51. The molecule has 0 saturated heterocycles. The SMILES string of the molecule is CN1[CH-]N(c2[c-]c3c(cc2)-c2ccccc2N2B3c3[c-]c(-n4cccn4)ccc3-c3ccccc32)c2ccccc21.[Pd]. The first-order valence-electron chi connectivity index (χ1n) is 13.8. The molecule has 9 rings (SSSR count). The van der Waals surface area contributed by atoms with Gasteiger partial charge in [-0.3, -0.25) is 4.68 Å². The van der Waals surface area contributed by atoms with Crippen LogP contribution in [0, 0.1) is 18.8 Å². The van der Waals surface area contributed by atoms with Crippen molar-refractivity contribution in [1.29, 1.82) is 0 Å². The van der Waals surface area contributed by atoms with Crippen LogP contribution in [0.25, 0.3) is 27.9 Å². The second-order valence-electron chi connectivity index (χ2n) is 10.7. The fourth-order valence-corrected chi connectivity index (χ4v) is 6.67. The summed E-state index contributed by atoms with van der Waals surface area (Å²) in [5.41, 5.74) is 13.8. The summed E-state index contributed by atoms with van der Waals surface area (Å²) in [6.45, 7) is 2.04. The Kier molecular flexibility index (Phi) is 5.69. The largest absolute Gasteiger partial charge is 0.504 e. The molecule has 4 heterocycles. The third-order valence-corrected chi connectivity index (χ3v) is 8.45. The van der Waals surface area contributed by atoms with Crippen molar-refractivity contribution in [3.8, 4) is 27.9 Å². The molecule has 0 atom stereocenters. The Hall–Kier alpha value is -4.56. The zero-order valence-electron chi connectivity index (χ0n) is 22.7. The van der Waals surface area contributed by atoms with Crippen LogP contribution in [0.15, 0.2) is 116 Å². The third kappa shape index (κ3) is 3.51. The van der Waals surface area contributed by atoms with E-state index in [-0.39, 0.29) is 27.3 Å². The summed E-state index contributed by atoms with van der Waals surface area (Å²) in [4.78, 5) is 6.88. The molecule has 0 unspecified atom stereocenters. The van der Waals surface area contributed by atoms with E-state index in [1.54, 1.807) is 0 Å². The van der Waals surface area contributed by atoms with Gasteiger partial charge in [0.25, 0.3) is 6.85 Å². The second kappa shape index (κ2) is 9.49. The van der Waals surface area contributed by atoms with E-state index in [1.165, 1.54) is 39.3 Å². The molecular formula is C35H23BN5Pd-3. The third-order valence-electron chi connectivity index (χ3n) is 8.45. The van der Waals surface area contributed by atoms with E-state index in [0.29, 0.717) is 0 Å². The van der Waals surface area contributed by atoms with Gasteiger partial charge in [0.1, 0.15) is 0 Å². The maximum Gasteiger partial charge on any atom is 0.278 e. The predicted octanol–water partition coefficient (Wildman–Crippen LogP) is 6.08. The molecule has 42 heavy (non-hydrogen) atoms. The van der Waals surface area contributed by atoms with Gasteiger partial charge in [-0.2, -0.15) is 47.0 Å². The van der Waals surface area contributed by atoms with Gasteiger partial charge in [0.2, 0.25) is 0 Å². The van der Waals surface area contributed by atoms with E-state index in [2.05, 4.69) is 143 Å². The first kappa shape index (κ1) is 25.2. The second-order valence-corrected chi connectivity index (χ2v) is 10.7. The Morgan fingerprint density at radius 3 is 1.83 bits per heavy atom. The van der Waals surface area contributed by atoms with Crippen LogP contribution in [0.4, 0.5) is 28.4 Å². The zero-order chi connectivity index (χ0) is 27.1. The van der Waals surface area contributed by atoms with E-state index in [1.807, 2.05) is 23.1 Å². The molecule has 0 saturated carbocycles. The molecule has 3 aliphatic rings. The minimum absolute atomic E-state index is 0. The van der Waals surface area contributed by atoms with Crippen molar-refractivity contribution in [2.24, 2.45) is 0 Å². The van der Waals surface area contributed by atoms with Crippen LogP contribution in [0.3, 0.4) is 0 Å². The van der Waals surface area contributed by atoms with Crippen LogP contribution < -0.4 is 25.5 Å². The summed E-state index contributed by atoms with van der Waals surface area (Å²) in [7, 11) is 2.09. The molecule has 0 bridgehead atoms. The van der Waals surface area contributed by atoms with Crippen molar-refractivity contribution in [3.05, 3.63) is 134 Å². The fourth-order valence-electron chi connectivity index (χ4n) is 6.67. The van der Waals surface area contributed by atoms with Crippen LogP contribution in [-0.2, 0) is 20.4 Å². The van der Waals surface area contributed by atoms with E-state index in [0.717, 1.165) is 28.0 Å². The van der Waals surface area contributed by atoms with Crippen LogP contribution in [0.5, 0.6) is 0 Å². The predicted molar refractivity (Wildman–Crippen MR) is 167 cm³/mol. The van der Waals surface area contributed by atoms with Crippen molar-refractivity contribution < 1.29 is 20.4 Å². The molecule has 3 aliphatic heterocycles. The van der Waals surface area contributed by atoms with Gasteiger partial charge in [0, 0.05) is 55.6 Å². The molecule has 0 radical (unpaired) electrons. The Labute approximate surface area is 259 Å². The van der Waals surface area contributed by atoms with Crippen LogP contribution in [0.1, 0.15) is 0 Å². The Morgan fingerprint density at radius 1 is 0.619 bits per heavy atom. The molecule has 6 aromatic rings. The van der Waals surface area contributed by atoms with E-state index >= 15 is 0 Å². The standard InChI is InChI=1S/C35H23BN5.Pd/c1-38-23-39(35-14-7-6-13-34(35)38)24-15-17-26-28-9-2-4-11-32(28)41-33-12-5-3-10-29(33)27-18-16-25(40-20-8-19-37-40)22-31(27)36(41)30(26)21-24;/h2-20,23H,1H3;/q-3;. The van der Waals surface area contributed by atoms with Gasteiger partial charge >= 0.3 is 0 Å². The van der Waals surface area contributed by atoms with Gasteiger partial charge < -0.3 is 14.6 Å². The van der Waals surface area contributed by atoms with Crippen molar-refractivity contribution >= 4 is 46.2 Å². The van der Waals surface area contributed by atoms with Crippen LogP contribution in [0.2, 0.25) is 0 Å². The molecule has 0 aliphatic carbocycles. The van der Waals surface area contributed by atoms with Crippen LogP contribution in [-0.4, -0.2) is 23.7 Å². The van der Waals surface area contributed by atoms with E-state index < -0.39 is 0 Å². The smallest absolute Gasteiger partial charge is 0.278 e. The summed E-state index contributed by atoms with van der Waals surface area (Å²) in [6, 6.07) is 44.4. The number of hydrogen-bond acceptors (Lipinski definition) is 4. The number of anilines is 5. The first-order chi connectivity index (χ1) is 20.3. The zero-order valence-corrected chi connectivity index (χ0v) is 24.2. The monoisotopic (exact) mass is 630 g/mol. The summed E-state index contributed by atoms with van der Waals surface area (Å²) in [5, 5.41) is 4.51. The number of fused-ring (bicyclic) bond motifs is 12. The average Bonchev–Trinajstić information content (AvgIpc) is 3.69. The fraction of sp³-hybridized carbons (Fsp3) is 0.0286. The summed E-state index contributed by atoms with van der Waals surface area (Å²) < 4.78 is 1.88. The molecule has 1 aromatic heterocycles. The van der Waals surface area contributed by atoms with Gasteiger partial charge in [-0.15, -0.1) is 28.9 Å². The van der Waals surface area contributed by atoms with E-state index in [9.17, 15) is 0 Å². The molecule has 0 amide bonds. The summed E-state index contributed by atoms with van der Waals surface area (Å²) in [5.74, 6) is 0. The summed E-state index contributed by atoms with van der Waals surface area (Å²) in [6.07, 6.45) is 3.78. The molecule has 5 nitrogen and oxygen atoms in total. The van der Waals surface area contributed by atoms with Gasteiger partial charge in [-0.05, 0) is 43.1 Å². The molecule has 0 spiro atoms. The summed E-state index contributed by atoms with van der Waals surface area (Å²) >= 11 is 0. The number of hydrogen-bond donors (Lipinski definition) is 0. The number of benzene rings is 5. The molecule has 0 fully saturated rings. The van der Waals surface area contributed by atoms with Crippen LogP contribution >= 0.6 is 0 Å².